The molecule has 2 aliphatic rings. The summed E-state index contributed by atoms with van der Waals surface area (Å²) >= 11 is 0. The minimum absolute atomic E-state index is 0.0353. The number of fused-ring (bicyclic) bond motifs is 6. The maximum absolute atomic E-state index is 2.49. The summed E-state index contributed by atoms with van der Waals surface area (Å²) in [5.41, 5.74) is 14.3. The molecule has 10 rings (SSSR count). The zero-order valence-corrected chi connectivity index (χ0v) is 27.4. The Hall–Kier alpha value is -6.52. The van der Waals surface area contributed by atoms with E-state index in [1.807, 2.05) is 0 Å². The summed E-state index contributed by atoms with van der Waals surface area (Å²) in [6, 6.07) is 70.4. The molecule has 0 saturated carbocycles. The van der Waals surface area contributed by atoms with Crippen LogP contribution in [0.15, 0.2) is 194 Å². The number of hydrogen-bond donors (Lipinski definition) is 0. The second-order valence-electron chi connectivity index (χ2n) is 13.0. The maximum Gasteiger partial charge on any atom is 0.252 e. The molecule has 50 heavy (non-hydrogen) atoms. The molecule has 2 aliphatic heterocycles. The summed E-state index contributed by atoms with van der Waals surface area (Å²) in [6.07, 6.45) is 0. The molecule has 3 nitrogen and oxygen atoms in total. The van der Waals surface area contributed by atoms with E-state index >= 15 is 0 Å². The van der Waals surface area contributed by atoms with Gasteiger partial charge in [0.25, 0.3) is 6.71 Å². The molecule has 0 bridgehead atoms. The predicted octanol–water partition coefficient (Wildman–Crippen LogP) is 10.4. The third-order valence-corrected chi connectivity index (χ3v) is 10.2. The molecule has 0 amide bonds. The van der Waals surface area contributed by atoms with E-state index < -0.39 is 0 Å². The Morgan fingerprint density at radius 1 is 0.360 bits per heavy atom. The van der Waals surface area contributed by atoms with Gasteiger partial charge in [0, 0.05) is 45.5 Å². The Kier molecular flexibility index (Phi) is 6.60. The van der Waals surface area contributed by atoms with Gasteiger partial charge in [0.1, 0.15) is 0 Å². The van der Waals surface area contributed by atoms with Gasteiger partial charge in [-0.05, 0) is 100.0 Å². The quantitative estimate of drug-likeness (QED) is 0.174. The van der Waals surface area contributed by atoms with E-state index in [-0.39, 0.29) is 6.71 Å². The molecule has 0 saturated heterocycles. The molecule has 8 aromatic rings. The second kappa shape index (κ2) is 11.6. The van der Waals surface area contributed by atoms with Crippen molar-refractivity contribution in [3.05, 3.63) is 194 Å². The van der Waals surface area contributed by atoms with Crippen LogP contribution in [0.1, 0.15) is 0 Å². The van der Waals surface area contributed by atoms with Crippen LogP contribution in [-0.4, -0.2) is 6.71 Å². The highest BCUT2D eigenvalue weighted by atomic mass is 15.2. The highest BCUT2D eigenvalue weighted by molar-refractivity contribution is 7.01. The first-order chi connectivity index (χ1) is 24.8. The van der Waals surface area contributed by atoms with Crippen LogP contribution in [0.4, 0.5) is 51.2 Å². The third-order valence-electron chi connectivity index (χ3n) is 10.2. The summed E-state index contributed by atoms with van der Waals surface area (Å²) in [6.45, 7) is 0.0353. The van der Waals surface area contributed by atoms with Crippen molar-refractivity contribution >= 4 is 85.1 Å². The van der Waals surface area contributed by atoms with Crippen molar-refractivity contribution in [2.75, 3.05) is 14.7 Å². The van der Waals surface area contributed by atoms with Crippen molar-refractivity contribution in [3.8, 4) is 0 Å². The summed E-state index contributed by atoms with van der Waals surface area (Å²) in [5, 5.41) is 2.54. The lowest BCUT2D eigenvalue weighted by Crippen LogP contribution is -2.61. The van der Waals surface area contributed by atoms with E-state index in [1.165, 1.54) is 49.9 Å². The molecule has 0 spiro atoms. The van der Waals surface area contributed by atoms with E-state index in [1.54, 1.807) is 0 Å². The molecule has 8 aromatic carbocycles. The van der Waals surface area contributed by atoms with E-state index in [0.29, 0.717) is 0 Å². The maximum atomic E-state index is 2.49. The summed E-state index contributed by atoms with van der Waals surface area (Å²) in [7, 11) is 0. The van der Waals surface area contributed by atoms with E-state index in [9.17, 15) is 0 Å². The highest BCUT2D eigenvalue weighted by Crippen LogP contribution is 2.48. The van der Waals surface area contributed by atoms with Gasteiger partial charge >= 0.3 is 0 Å². The van der Waals surface area contributed by atoms with Gasteiger partial charge in [-0.25, -0.2) is 0 Å². The molecule has 0 fully saturated rings. The lowest BCUT2D eigenvalue weighted by Gasteiger charge is -2.45. The topological polar surface area (TPSA) is 9.72 Å². The van der Waals surface area contributed by atoms with Gasteiger partial charge in [-0.2, -0.15) is 0 Å². The van der Waals surface area contributed by atoms with Gasteiger partial charge in [-0.3, -0.25) is 0 Å². The van der Waals surface area contributed by atoms with Gasteiger partial charge in [0.15, 0.2) is 0 Å². The smallest absolute Gasteiger partial charge is 0.252 e. The van der Waals surface area contributed by atoms with Gasteiger partial charge in [0.05, 0.1) is 5.69 Å². The number of benzene rings is 8. The molecule has 2 heterocycles. The van der Waals surface area contributed by atoms with Crippen molar-refractivity contribution in [2.45, 2.75) is 0 Å². The Balaban J connectivity index is 1.36. The minimum atomic E-state index is 0.0353. The fraction of sp³-hybridized carbons (Fsp3) is 0. The van der Waals surface area contributed by atoms with Gasteiger partial charge in [-0.1, -0.05) is 121 Å². The van der Waals surface area contributed by atoms with E-state index in [0.717, 1.165) is 28.4 Å². The van der Waals surface area contributed by atoms with Crippen LogP contribution < -0.4 is 31.1 Å². The summed E-state index contributed by atoms with van der Waals surface area (Å²) in [4.78, 5) is 7.35. The van der Waals surface area contributed by atoms with Gasteiger partial charge in [0.2, 0.25) is 0 Å². The molecular formula is C46H32BN3. The largest absolute Gasteiger partial charge is 0.311 e. The Labute approximate surface area is 293 Å². The minimum Gasteiger partial charge on any atom is -0.311 e. The molecular weight excluding hydrogens is 605 g/mol. The second-order valence-corrected chi connectivity index (χ2v) is 13.0. The molecule has 0 aliphatic carbocycles. The first-order valence-electron chi connectivity index (χ1n) is 17.2. The Bertz CT molecular complexity index is 2450. The van der Waals surface area contributed by atoms with Crippen molar-refractivity contribution in [1.29, 1.82) is 0 Å². The van der Waals surface area contributed by atoms with Gasteiger partial charge < -0.3 is 14.7 Å². The zero-order valence-electron chi connectivity index (χ0n) is 27.4. The van der Waals surface area contributed by atoms with Crippen molar-refractivity contribution in [3.63, 3.8) is 0 Å². The number of hydrogen-bond acceptors (Lipinski definition) is 3. The fourth-order valence-corrected chi connectivity index (χ4v) is 8.15. The number of anilines is 9. The first kappa shape index (κ1) is 28.5. The van der Waals surface area contributed by atoms with Crippen LogP contribution in [0.2, 0.25) is 0 Å². The van der Waals surface area contributed by atoms with Crippen LogP contribution in [0.25, 0.3) is 10.8 Å². The molecule has 0 unspecified atom stereocenters. The Morgan fingerprint density at radius 2 is 0.860 bits per heavy atom. The van der Waals surface area contributed by atoms with Crippen LogP contribution in [0, 0.1) is 0 Å². The average molecular weight is 638 g/mol. The monoisotopic (exact) mass is 637 g/mol. The van der Waals surface area contributed by atoms with Crippen LogP contribution in [0.5, 0.6) is 0 Å². The first-order valence-corrected chi connectivity index (χ1v) is 17.2. The molecule has 0 atom stereocenters. The average Bonchev–Trinajstić information content (AvgIpc) is 3.19. The zero-order chi connectivity index (χ0) is 33.0. The lowest BCUT2D eigenvalue weighted by molar-refractivity contribution is 1.23. The van der Waals surface area contributed by atoms with Crippen LogP contribution in [-0.2, 0) is 0 Å². The predicted molar refractivity (Wildman–Crippen MR) is 213 cm³/mol. The molecule has 4 heteroatoms. The summed E-state index contributed by atoms with van der Waals surface area (Å²) < 4.78 is 0. The fourth-order valence-electron chi connectivity index (χ4n) is 8.15. The highest BCUT2D eigenvalue weighted by Gasteiger charge is 2.44. The number of nitrogens with zero attached hydrogens (tertiary/aromatic N) is 3. The normalized spacial score (nSPS) is 12.7. The lowest BCUT2D eigenvalue weighted by atomic mass is 9.33. The van der Waals surface area contributed by atoms with E-state index in [2.05, 4.69) is 209 Å². The van der Waals surface area contributed by atoms with Gasteiger partial charge in [-0.15, -0.1) is 0 Å². The molecule has 0 N–H and O–H groups in total. The molecule has 234 valence electrons. The van der Waals surface area contributed by atoms with Crippen molar-refractivity contribution in [2.24, 2.45) is 0 Å². The molecule has 0 aromatic heterocycles. The van der Waals surface area contributed by atoms with Crippen molar-refractivity contribution < 1.29 is 0 Å². The Morgan fingerprint density at radius 3 is 1.48 bits per heavy atom. The van der Waals surface area contributed by atoms with Crippen LogP contribution >= 0.6 is 0 Å². The number of rotatable bonds is 5. The van der Waals surface area contributed by atoms with Crippen LogP contribution in [0.3, 0.4) is 0 Å². The summed E-state index contributed by atoms with van der Waals surface area (Å²) in [5.74, 6) is 0. The third kappa shape index (κ3) is 4.39. The molecule has 0 radical (unpaired) electrons. The standard InChI is InChI=1S/C46H32BN3/c1-5-18-34(19-6-1)48(35-20-7-2-8-21-35)38-31-43-46-44(32-38)50(37-24-11-4-12-25-37)42-30-29-33-17-13-14-26-39(33)45(42)47(46)40-27-15-16-28-41(40)49(43)36-22-9-3-10-23-36/h1-32H. The SMILES string of the molecule is c1ccc(N(c2ccccc2)c2cc3c4c(c2)N(c2ccccc2)c2ccc5ccccc5c2B4c2ccccc2N3c2ccccc2)cc1. The number of para-hydroxylation sites is 5. The van der Waals surface area contributed by atoms with Crippen molar-refractivity contribution in [1.82, 2.24) is 0 Å². The van der Waals surface area contributed by atoms with E-state index in [4.69, 9.17) is 0 Å².